The molecule has 0 saturated heterocycles. The summed E-state index contributed by atoms with van der Waals surface area (Å²) in [5.74, 6) is 1.16. The normalized spacial score (nSPS) is 15.1. The van der Waals surface area contributed by atoms with E-state index in [0.29, 0.717) is 28.0 Å². The van der Waals surface area contributed by atoms with Crippen molar-refractivity contribution in [3.63, 3.8) is 0 Å². The summed E-state index contributed by atoms with van der Waals surface area (Å²) in [4.78, 5) is 16.7. The van der Waals surface area contributed by atoms with E-state index in [4.69, 9.17) is 25.8 Å². The average Bonchev–Trinajstić information content (AvgIpc) is 3.04. The van der Waals surface area contributed by atoms with Gasteiger partial charge in [0.2, 0.25) is 5.90 Å². The van der Waals surface area contributed by atoms with Gasteiger partial charge >= 0.3 is 5.97 Å². The number of rotatable bonds is 6. The topological polar surface area (TPSA) is 57.1 Å². The van der Waals surface area contributed by atoms with Crippen LogP contribution in [0.25, 0.3) is 6.08 Å². The Labute approximate surface area is 176 Å². The van der Waals surface area contributed by atoms with Gasteiger partial charge in [-0.05, 0) is 61.2 Å². The van der Waals surface area contributed by atoms with E-state index in [0.717, 1.165) is 5.56 Å². The van der Waals surface area contributed by atoms with E-state index in [1.54, 1.807) is 18.2 Å². The van der Waals surface area contributed by atoms with E-state index < -0.39 is 5.97 Å². The van der Waals surface area contributed by atoms with E-state index >= 15 is 0 Å². The number of methoxy groups -OCH3 is 1. The second-order valence-electron chi connectivity index (χ2n) is 7.31. The highest BCUT2D eigenvalue weighted by molar-refractivity contribution is 6.32. The number of halogens is 1. The van der Waals surface area contributed by atoms with Crippen LogP contribution in [0, 0.1) is 0 Å². The summed E-state index contributed by atoms with van der Waals surface area (Å²) in [6.45, 7) is 8.06. The first-order chi connectivity index (χ1) is 13.8. The molecule has 0 radical (unpaired) electrons. The lowest BCUT2D eigenvalue weighted by Crippen LogP contribution is -2.07. The van der Waals surface area contributed by atoms with E-state index in [-0.39, 0.29) is 17.7 Å². The third kappa shape index (κ3) is 4.80. The van der Waals surface area contributed by atoms with Gasteiger partial charge in [-0.2, -0.15) is 0 Å². The minimum Gasteiger partial charge on any atom is -0.493 e. The van der Waals surface area contributed by atoms with Crippen LogP contribution >= 0.6 is 11.6 Å². The van der Waals surface area contributed by atoms with Crippen molar-refractivity contribution >= 4 is 29.5 Å². The van der Waals surface area contributed by atoms with Crippen LogP contribution in [0.15, 0.2) is 47.1 Å². The number of hydrogen-bond acceptors (Lipinski definition) is 5. The van der Waals surface area contributed by atoms with Crippen molar-refractivity contribution in [3.8, 4) is 11.5 Å². The van der Waals surface area contributed by atoms with E-state index in [1.807, 2.05) is 38.1 Å². The van der Waals surface area contributed by atoms with Gasteiger partial charge in [0.25, 0.3) is 0 Å². The maximum absolute atomic E-state index is 12.3. The molecule has 0 fully saturated rings. The fraction of sp³-hybridized carbons (Fsp3) is 0.304. The van der Waals surface area contributed by atoms with Crippen molar-refractivity contribution < 1.29 is 19.0 Å². The zero-order valence-corrected chi connectivity index (χ0v) is 17.9. The number of hydrogen-bond donors (Lipinski definition) is 0. The summed E-state index contributed by atoms with van der Waals surface area (Å²) >= 11 is 6.36. The molecular formula is C23H24ClNO4. The summed E-state index contributed by atoms with van der Waals surface area (Å²) in [7, 11) is 1.54. The standard InChI is InChI=1S/C23H24ClNO4/c1-13(2)16-6-8-17(9-7-16)22-25-19(23(26)29-22)11-15-10-18(24)21(28-14(3)4)20(12-15)27-5/h6-14H,1-5H3/b19-11-. The van der Waals surface area contributed by atoms with Crippen LogP contribution in [0.5, 0.6) is 11.5 Å². The molecule has 1 heterocycles. The highest BCUT2D eigenvalue weighted by atomic mass is 35.5. The van der Waals surface area contributed by atoms with Crippen LogP contribution < -0.4 is 9.47 Å². The number of aliphatic imine (C=N–C) groups is 1. The summed E-state index contributed by atoms with van der Waals surface area (Å²) in [6.07, 6.45) is 1.57. The predicted molar refractivity (Wildman–Crippen MR) is 115 cm³/mol. The Morgan fingerprint density at radius 3 is 2.38 bits per heavy atom. The monoisotopic (exact) mass is 413 g/mol. The van der Waals surface area contributed by atoms with Crippen LogP contribution in [-0.4, -0.2) is 25.1 Å². The second kappa shape index (κ2) is 8.70. The first kappa shape index (κ1) is 20.9. The Hall–Kier alpha value is -2.79. The molecular weight excluding hydrogens is 390 g/mol. The highest BCUT2D eigenvalue weighted by Crippen LogP contribution is 2.38. The minimum atomic E-state index is -0.509. The van der Waals surface area contributed by atoms with Gasteiger partial charge < -0.3 is 14.2 Å². The molecule has 6 heteroatoms. The molecule has 0 bridgehead atoms. The zero-order valence-electron chi connectivity index (χ0n) is 17.2. The molecule has 3 rings (SSSR count). The average molecular weight is 414 g/mol. The molecule has 0 aliphatic carbocycles. The molecule has 0 amide bonds. The highest BCUT2D eigenvalue weighted by Gasteiger charge is 2.24. The number of benzene rings is 2. The third-order valence-corrected chi connectivity index (χ3v) is 4.63. The molecule has 29 heavy (non-hydrogen) atoms. The minimum absolute atomic E-state index is 0.0512. The largest absolute Gasteiger partial charge is 0.493 e. The molecule has 1 aliphatic rings. The van der Waals surface area contributed by atoms with Gasteiger partial charge in [0.05, 0.1) is 18.2 Å². The lowest BCUT2D eigenvalue weighted by Gasteiger charge is -2.15. The Morgan fingerprint density at radius 2 is 1.79 bits per heavy atom. The molecule has 2 aromatic carbocycles. The first-order valence-corrected chi connectivity index (χ1v) is 9.83. The predicted octanol–water partition coefficient (Wildman–Crippen LogP) is 5.60. The molecule has 152 valence electrons. The molecule has 0 N–H and O–H groups in total. The smallest absolute Gasteiger partial charge is 0.363 e. The maximum Gasteiger partial charge on any atom is 0.363 e. The van der Waals surface area contributed by atoms with Gasteiger partial charge in [-0.3, -0.25) is 0 Å². The molecule has 0 saturated carbocycles. The van der Waals surface area contributed by atoms with Crippen LogP contribution in [0.1, 0.15) is 50.3 Å². The van der Waals surface area contributed by atoms with E-state index in [2.05, 4.69) is 18.8 Å². The molecule has 0 unspecified atom stereocenters. The van der Waals surface area contributed by atoms with Gasteiger partial charge in [0.15, 0.2) is 17.2 Å². The fourth-order valence-corrected chi connectivity index (χ4v) is 3.14. The van der Waals surface area contributed by atoms with E-state index in [1.165, 1.54) is 12.7 Å². The number of carbonyl (C=O) groups excluding carboxylic acids is 1. The first-order valence-electron chi connectivity index (χ1n) is 9.45. The van der Waals surface area contributed by atoms with Crippen molar-refractivity contribution in [1.29, 1.82) is 0 Å². The number of esters is 1. The van der Waals surface area contributed by atoms with Crippen LogP contribution in [0.2, 0.25) is 5.02 Å². The van der Waals surface area contributed by atoms with Crippen molar-refractivity contribution in [3.05, 3.63) is 63.8 Å². The van der Waals surface area contributed by atoms with Crippen LogP contribution in [-0.2, 0) is 9.53 Å². The molecule has 0 aromatic heterocycles. The van der Waals surface area contributed by atoms with Crippen molar-refractivity contribution in [1.82, 2.24) is 0 Å². The van der Waals surface area contributed by atoms with Crippen molar-refractivity contribution in [2.75, 3.05) is 7.11 Å². The lowest BCUT2D eigenvalue weighted by molar-refractivity contribution is -0.129. The second-order valence-corrected chi connectivity index (χ2v) is 7.72. The van der Waals surface area contributed by atoms with Gasteiger partial charge in [-0.1, -0.05) is 37.6 Å². The van der Waals surface area contributed by atoms with Gasteiger partial charge in [-0.15, -0.1) is 0 Å². The van der Waals surface area contributed by atoms with Crippen LogP contribution in [0.3, 0.4) is 0 Å². The Kier molecular flexibility index (Phi) is 6.28. The SMILES string of the molecule is COc1cc(/C=C2\N=C(c3ccc(C(C)C)cc3)OC2=O)cc(Cl)c1OC(C)C. The zero-order chi connectivity index (χ0) is 21.1. The lowest BCUT2D eigenvalue weighted by atomic mass is 10.0. The number of ether oxygens (including phenoxy) is 3. The third-order valence-electron chi connectivity index (χ3n) is 4.35. The number of nitrogens with zero attached hydrogens (tertiary/aromatic N) is 1. The molecule has 2 aromatic rings. The van der Waals surface area contributed by atoms with Gasteiger partial charge in [0.1, 0.15) is 0 Å². The summed E-state index contributed by atoms with van der Waals surface area (Å²) in [5, 5.41) is 0.393. The molecule has 5 nitrogen and oxygen atoms in total. The number of cyclic esters (lactones) is 1. The van der Waals surface area contributed by atoms with Crippen molar-refractivity contribution in [2.45, 2.75) is 39.7 Å². The van der Waals surface area contributed by atoms with Crippen LogP contribution in [0.4, 0.5) is 0 Å². The van der Waals surface area contributed by atoms with Gasteiger partial charge in [0, 0.05) is 5.56 Å². The summed E-state index contributed by atoms with van der Waals surface area (Å²) in [6, 6.07) is 11.3. The molecule has 1 aliphatic heterocycles. The quantitative estimate of drug-likeness (QED) is 0.456. The fourth-order valence-electron chi connectivity index (χ4n) is 2.87. The molecule has 0 atom stereocenters. The maximum atomic E-state index is 12.3. The Balaban J connectivity index is 1.91. The van der Waals surface area contributed by atoms with E-state index in [9.17, 15) is 4.79 Å². The molecule has 0 spiro atoms. The Bertz CT molecular complexity index is 975. The Morgan fingerprint density at radius 1 is 1.10 bits per heavy atom. The van der Waals surface area contributed by atoms with Crippen molar-refractivity contribution in [2.24, 2.45) is 4.99 Å². The number of carbonyl (C=O) groups is 1. The summed E-state index contributed by atoms with van der Waals surface area (Å²) < 4.78 is 16.5. The van der Waals surface area contributed by atoms with Gasteiger partial charge in [-0.25, -0.2) is 9.79 Å². The summed E-state index contributed by atoms with van der Waals surface area (Å²) in [5.41, 5.74) is 2.82.